The lowest BCUT2D eigenvalue weighted by atomic mass is 9.88. The Kier molecular flexibility index (Phi) is 3.22. The molecule has 0 bridgehead atoms. The molecule has 3 N–H and O–H groups in total. The van der Waals surface area contributed by atoms with E-state index in [1.807, 2.05) is 36.6 Å². The Labute approximate surface area is 140 Å². The maximum atomic E-state index is 9.59. The number of nitrogens with one attached hydrogen (secondary N) is 1. The molecule has 1 aliphatic rings. The molecule has 0 saturated carbocycles. The van der Waals surface area contributed by atoms with Crippen molar-refractivity contribution in [2.45, 2.75) is 12.8 Å². The Bertz CT molecular complexity index is 943. The summed E-state index contributed by atoms with van der Waals surface area (Å²) in [7, 11) is 0. The van der Waals surface area contributed by atoms with Gasteiger partial charge < -0.3 is 10.5 Å². The zero-order valence-corrected chi connectivity index (χ0v) is 13.8. The first kappa shape index (κ1) is 14.1. The summed E-state index contributed by atoms with van der Waals surface area (Å²) in [6.45, 7) is 2.04. The van der Waals surface area contributed by atoms with E-state index in [2.05, 4.69) is 16.3 Å². The first-order valence-electron chi connectivity index (χ1n) is 6.95. The third kappa shape index (κ3) is 2.15. The number of hydrogen-bond donors (Lipinski definition) is 2. The molecule has 4 heterocycles. The van der Waals surface area contributed by atoms with Gasteiger partial charge in [-0.05, 0) is 30.5 Å². The zero-order chi connectivity index (χ0) is 16.0. The molecule has 23 heavy (non-hydrogen) atoms. The van der Waals surface area contributed by atoms with E-state index in [1.165, 1.54) is 4.88 Å². The maximum absolute atomic E-state index is 9.59. The van der Waals surface area contributed by atoms with Gasteiger partial charge in [0.2, 0.25) is 11.8 Å². The van der Waals surface area contributed by atoms with Crippen molar-refractivity contribution in [2.75, 3.05) is 0 Å². The predicted molar refractivity (Wildman–Crippen MR) is 90.3 cm³/mol. The van der Waals surface area contributed by atoms with Crippen molar-refractivity contribution in [2.24, 2.45) is 5.73 Å². The van der Waals surface area contributed by atoms with Crippen LogP contribution < -0.4 is 10.5 Å². The van der Waals surface area contributed by atoms with Crippen LogP contribution in [0, 0.1) is 18.3 Å². The summed E-state index contributed by atoms with van der Waals surface area (Å²) >= 11 is 3.27. The third-order valence-electron chi connectivity index (χ3n) is 3.75. The number of hydrogen-bond acceptors (Lipinski definition) is 6. The SMILES string of the molecule is Cc1ccc([C@H]2C(C#N)=C(N)Oc3n[nH]c(-c4cccs4)c32)s1. The largest absolute Gasteiger partial charge is 0.420 e. The van der Waals surface area contributed by atoms with Crippen molar-refractivity contribution in [3.63, 3.8) is 0 Å². The standard InChI is InChI=1S/C16H12N4OS2/c1-8-4-5-10(23-8)12-9(7-17)15(18)21-16-13(12)14(19-20-16)11-3-2-6-22-11/h2-6,12H,18H2,1H3,(H,19,20)/t12-/m1/s1. The van der Waals surface area contributed by atoms with Crippen molar-refractivity contribution in [3.05, 3.63) is 56.4 Å². The molecule has 7 heteroatoms. The molecule has 0 unspecified atom stereocenters. The molecule has 0 aromatic carbocycles. The van der Waals surface area contributed by atoms with Crippen LogP contribution >= 0.6 is 22.7 Å². The number of nitrogens with zero attached hydrogens (tertiary/aromatic N) is 2. The van der Waals surface area contributed by atoms with Gasteiger partial charge in [-0.25, -0.2) is 0 Å². The number of aromatic nitrogens is 2. The lowest BCUT2D eigenvalue weighted by Gasteiger charge is -2.22. The molecular formula is C16H12N4OS2. The third-order valence-corrected chi connectivity index (χ3v) is 5.71. The Morgan fingerprint density at radius 2 is 2.26 bits per heavy atom. The molecule has 0 fully saturated rings. The van der Waals surface area contributed by atoms with Gasteiger partial charge in [-0.15, -0.1) is 27.8 Å². The van der Waals surface area contributed by atoms with Gasteiger partial charge >= 0.3 is 0 Å². The fraction of sp³-hybridized carbons (Fsp3) is 0.125. The molecule has 5 nitrogen and oxygen atoms in total. The quantitative estimate of drug-likeness (QED) is 0.744. The van der Waals surface area contributed by atoms with Gasteiger partial charge in [-0.1, -0.05) is 6.07 Å². The number of H-pyrrole nitrogens is 1. The van der Waals surface area contributed by atoms with Crippen LogP contribution in [-0.2, 0) is 0 Å². The molecular weight excluding hydrogens is 328 g/mol. The molecule has 0 amide bonds. The summed E-state index contributed by atoms with van der Waals surface area (Å²) in [5.74, 6) is 0.319. The molecule has 1 aliphatic heterocycles. The van der Waals surface area contributed by atoms with E-state index in [4.69, 9.17) is 10.5 Å². The van der Waals surface area contributed by atoms with Gasteiger partial charge in [0, 0.05) is 9.75 Å². The molecule has 0 spiro atoms. The highest BCUT2D eigenvalue weighted by Crippen LogP contribution is 2.47. The first-order chi connectivity index (χ1) is 11.2. The minimum absolute atomic E-state index is 0.125. The van der Waals surface area contributed by atoms with Gasteiger partial charge in [-0.2, -0.15) is 5.26 Å². The molecule has 0 radical (unpaired) electrons. The first-order valence-corrected chi connectivity index (χ1v) is 8.64. The van der Waals surface area contributed by atoms with Crippen LogP contribution in [0.4, 0.5) is 0 Å². The number of thiophene rings is 2. The van der Waals surface area contributed by atoms with E-state index in [0.29, 0.717) is 11.5 Å². The van der Waals surface area contributed by atoms with E-state index in [-0.39, 0.29) is 11.8 Å². The number of rotatable bonds is 2. The smallest absolute Gasteiger partial charge is 0.244 e. The Balaban J connectivity index is 1.96. The van der Waals surface area contributed by atoms with Crippen molar-refractivity contribution < 1.29 is 4.74 Å². The van der Waals surface area contributed by atoms with Gasteiger partial charge in [0.15, 0.2) is 0 Å². The minimum atomic E-state index is -0.252. The fourth-order valence-corrected chi connectivity index (χ4v) is 4.48. The van der Waals surface area contributed by atoms with Crippen LogP contribution in [0.1, 0.15) is 21.2 Å². The molecule has 3 aromatic heterocycles. The number of nitriles is 1. The van der Waals surface area contributed by atoms with Crippen LogP contribution in [0.3, 0.4) is 0 Å². The summed E-state index contributed by atoms with van der Waals surface area (Å²) in [6, 6.07) is 10.3. The highest BCUT2D eigenvalue weighted by atomic mass is 32.1. The molecule has 3 aromatic rings. The summed E-state index contributed by atoms with van der Waals surface area (Å²) in [6.07, 6.45) is 0. The van der Waals surface area contributed by atoms with E-state index >= 15 is 0 Å². The van der Waals surface area contributed by atoms with Crippen LogP contribution in [-0.4, -0.2) is 10.2 Å². The zero-order valence-electron chi connectivity index (χ0n) is 12.2. The molecule has 0 aliphatic carbocycles. The predicted octanol–water partition coefficient (Wildman–Crippen LogP) is 3.73. The van der Waals surface area contributed by atoms with Gasteiger partial charge in [0.25, 0.3) is 0 Å². The van der Waals surface area contributed by atoms with Crippen molar-refractivity contribution in [1.29, 1.82) is 5.26 Å². The lowest BCUT2D eigenvalue weighted by molar-refractivity contribution is 0.379. The average Bonchev–Trinajstić information content (AvgIpc) is 3.25. The van der Waals surface area contributed by atoms with Crippen LogP contribution in [0.2, 0.25) is 0 Å². The summed E-state index contributed by atoms with van der Waals surface area (Å²) in [4.78, 5) is 3.30. The minimum Gasteiger partial charge on any atom is -0.420 e. The summed E-state index contributed by atoms with van der Waals surface area (Å²) in [5, 5.41) is 18.9. The normalized spacial score (nSPS) is 16.8. The van der Waals surface area contributed by atoms with Crippen LogP contribution in [0.25, 0.3) is 10.6 Å². The topological polar surface area (TPSA) is 87.7 Å². The van der Waals surface area contributed by atoms with E-state index in [9.17, 15) is 5.26 Å². The second kappa shape index (κ2) is 5.26. The second-order valence-electron chi connectivity index (χ2n) is 5.17. The number of allylic oxidation sites excluding steroid dienone is 1. The molecule has 4 rings (SSSR count). The van der Waals surface area contributed by atoms with Crippen LogP contribution in [0.5, 0.6) is 5.88 Å². The lowest BCUT2D eigenvalue weighted by Crippen LogP contribution is -2.20. The summed E-state index contributed by atoms with van der Waals surface area (Å²) in [5.41, 5.74) is 8.14. The monoisotopic (exact) mass is 340 g/mol. The van der Waals surface area contributed by atoms with E-state index in [1.54, 1.807) is 22.7 Å². The second-order valence-corrected chi connectivity index (χ2v) is 7.44. The highest BCUT2D eigenvalue weighted by molar-refractivity contribution is 7.13. The van der Waals surface area contributed by atoms with Gasteiger partial charge in [0.05, 0.1) is 22.1 Å². The van der Waals surface area contributed by atoms with E-state index < -0.39 is 0 Å². The Morgan fingerprint density at radius 1 is 1.39 bits per heavy atom. The number of aromatic amines is 1. The highest BCUT2D eigenvalue weighted by Gasteiger charge is 2.36. The number of ether oxygens (including phenoxy) is 1. The maximum Gasteiger partial charge on any atom is 0.244 e. The van der Waals surface area contributed by atoms with Crippen molar-refractivity contribution in [3.8, 4) is 22.5 Å². The fourth-order valence-electron chi connectivity index (χ4n) is 2.75. The van der Waals surface area contributed by atoms with Crippen LogP contribution in [0.15, 0.2) is 41.1 Å². The average molecular weight is 340 g/mol. The number of aryl methyl sites for hydroxylation is 1. The Hall–Kier alpha value is -2.56. The van der Waals surface area contributed by atoms with E-state index in [0.717, 1.165) is 21.0 Å². The van der Waals surface area contributed by atoms with Crippen molar-refractivity contribution >= 4 is 22.7 Å². The molecule has 1 atom stereocenters. The molecule has 0 saturated heterocycles. The number of fused-ring (bicyclic) bond motifs is 1. The van der Waals surface area contributed by atoms with Gasteiger partial charge in [-0.3, -0.25) is 5.10 Å². The number of nitrogens with two attached hydrogens (primary N) is 1. The summed E-state index contributed by atoms with van der Waals surface area (Å²) < 4.78 is 5.57. The van der Waals surface area contributed by atoms with Gasteiger partial charge in [0.1, 0.15) is 11.6 Å². The Morgan fingerprint density at radius 3 is 2.91 bits per heavy atom. The van der Waals surface area contributed by atoms with Crippen molar-refractivity contribution in [1.82, 2.24) is 10.2 Å². The molecule has 114 valence electrons.